The summed E-state index contributed by atoms with van der Waals surface area (Å²) < 4.78 is 4.00. The van der Waals surface area contributed by atoms with E-state index in [0.29, 0.717) is 0 Å². The van der Waals surface area contributed by atoms with Crippen LogP contribution in [0.2, 0.25) is 0 Å². The normalized spacial score (nSPS) is 63.2. The Morgan fingerprint density at radius 1 is 0.833 bits per heavy atom. The number of allylic oxidation sites excluding steroid dienone is 2. The van der Waals surface area contributed by atoms with Gasteiger partial charge in [-0.05, 0) is 0 Å². The standard InChI is InChI=1S/C10H5Cl7O/c11-3-1-2(4-5(3)18-4)9(15)7(13)6(12)8(1,14)10(9,16)17/h1-5H/t1-,2+,3+,4+,5-,8-,9-/m0/s1. The van der Waals surface area contributed by atoms with Crippen molar-refractivity contribution in [2.45, 2.75) is 31.7 Å². The predicted octanol–water partition coefficient (Wildman–Crippen LogP) is 4.45. The molecule has 4 aliphatic rings. The van der Waals surface area contributed by atoms with Gasteiger partial charge in [-0.15, -0.1) is 34.8 Å². The molecule has 0 aromatic carbocycles. The number of hydrogen-bond acceptors (Lipinski definition) is 1. The van der Waals surface area contributed by atoms with E-state index < -0.39 is 14.1 Å². The number of fused-ring (bicyclic) bond motifs is 7. The van der Waals surface area contributed by atoms with Gasteiger partial charge < -0.3 is 4.74 Å². The van der Waals surface area contributed by atoms with Gasteiger partial charge in [0.2, 0.25) is 0 Å². The average molecular weight is 389 g/mol. The van der Waals surface area contributed by atoms with E-state index in [-0.39, 0.29) is 39.5 Å². The van der Waals surface area contributed by atoms with Crippen molar-refractivity contribution in [3.05, 3.63) is 10.1 Å². The van der Waals surface area contributed by atoms with E-state index in [1.54, 1.807) is 0 Å². The van der Waals surface area contributed by atoms with E-state index in [1.807, 2.05) is 0 Å². The van der Waals surface area contributed by atoms with Gasteiger partial charge in [0.25, 0.3) is 0 Å². The van der Waals surface area contributed by atoms with E-state index >= 15 is 0 Å². The van der Waals surface area contributed by atoms with Gasteiger partial charge >= 0.3 is 0 Å². The summed E-state index contributed by atoms with van der Waals surface area (Å²) in [5.41, 5.74) is 0. The third kappa shape index (κ3) is 1.02. The largest absolute Gasteiger partial charge is 0.368 e. The summed E-state index contributed by atoms with van der Waals surface area (Å²) in [5.74, 6) is -0.457. The van der Waals surface area contributed by atoms with E-state index in [4.69, 9.17) is 85.9 Å². The summed E-state index contributed by atoms with van der Waals surface area (Å²) in [5, 5.41) is 0.111. The lowest BCUT2D eigenvalue weighted by atomic mass is 9.83. The van der Waals surface area contributed by atoms with Crippen LogP contribution in [0.25, 0.3) is 0 Å². The molecule has 18 heavy (non-hydrogen) atoms. The Hall–Kier alpha value is 1.73. The summed E-state index contributed by atoms with van der Waals surface area (Å²) in [7, 11) is 0. The number of epoxide rings is 1. The van der Waals surface area contributed by atoms with E-state index in [9.17, 15) is 0 Å². The second kappa shape index (κ2) is 3.38. The lowest BCUT2D eigenvalue weighted by Gasteiger charge is -2.35. The Balaban J connectivity index is 2.01. The minimum Gasteiger partial charge on any atom is -0.368 e. The second-order valence-corrected chi connectivity index (χ2v) is 8.97. The lowest BCUT2D eigenvalue weighted by Crippen LogP contribution is -2.46. The van der Waals surface area contributed by atoms with Crippen molar-refractivity contribution in [1.82, 2.24) is 0 Å². The Morgan fingerprint density at radius 3 is 1.89 bits per heavy atom. The van der Waals surface area contributed by atoms with Crippen LogP contribution in [0.1, 0.15) is 0 Å². The fraction of sp³-hybridized carbons (Fsp3) is 0.800. The molecular formula is C10H5Cl7O. The molecule has 0 radical (unpaired) electrons. The van der Waals surface area contributed by atoms with E-state index in [1.165, 1.54) is 0 Å². The molecule has 1 aliphatic heterocycles. The number of ether oxygens (including phenoxy) is 1. The minimum atomic E-state index is -1.50. The van der Waals surface area contributed by atoms with Crippen molar-refractivity contribution >= 4 is 81.2 Å². The van der Waals surface area contributed by atoms with Crippen LogP contribution in [0.15, 0.2) is 10.1 Å². The Morgan fingerprint density at radius 2 is 1.33 bits per heavy atom. The van der Waals surface area contributed by atoms with Gasteiger partial charge in [0.15, 0.2) is 4.33 Å². The summed E-state index contributed by atoms with van der Waals surface area (Å²) in [6.45, 7) is 0. The molecule has 100 valence electrons. The van der Waals surface area contributed by atoms with Crippen LogP contribution in [0.3, 0.4) is 0 Å². The maximum Gasteiger partial charge on any atom is 0.166 e. The number of hydrogen-bond donors (Lipinski definition) is 0. The SMILES string of the molecule is ClC1=C(Cl)[C@@]2(Cl)[C@H]3[C@H]4O[C@H]4[C@H](Cl)[C@H]3[C@@]1(Cl)C2(Cl)Cl. The van der Waals surface area contributed by atoms with Gasteiger partial charge in [-0.25, -0.2) is 0 Å². The summed E-state index contributed by atoms with van der Waals surface area (Å²) >= 11 is 45.0. The number of halogens is 7. The highest BCUT2D eigenvalue weighted by Gasteiger charge is 2.89. The fourth-order valence-electron chi connectivity index (χ4n) is 3.80. The zero-order valence-corrected chi connectivity index (χ0v) is 13.7. The molecule has 1 heterocycles. The van der Waals surface area contributed by atoms with Gasteiger partial charge in [0, 0.05) is 11.8 Å². The second-order valence-electron chi connectivity index (χ2n) is 5.19. The summed E-state index contributed by atoms with van der Waals surface area (Å²) in [6.07, 6.45) is -0.152. The quantitative estimate of drug-likeness (QED) is 0.441. The lowest BCUT2D eigenvalue weighted by molar-refractivity contribution is 0.204. The molecule has 0 spiro atoms. The molecule has 1 nitrogen and oxygen atoms in total. The highest BCUT2D eigenvalue weighted by Crippen LogP contribution is 2.81. The minimum absolute atomic E-state index is 0.0608. The molecule has 8 heteroatoms. The van der Waals surface area contributed by atoms with Crippen LogP contribution in [0, 0.1) is 11.8 Å². The summed E-state index contributed by atoms with van der Waals surface area (Å²) in [4.78, 5) is -2.48. The average Bonchev–Trinajstić information content (AvgIpc) is 2.98. The Labute approximate surface area is 139 Å². The third-order valence-electron chi connectivity index (χ3n) is 4.62. The van der Waals surface area contributed by atoms with E-state index in [0.717, 1.165) is 0 Å². The zero-order chi connectivity index (χ0) is 13.2. The Bertz CT molecular complexity index is 476. The van der Waals surface area contributed by atoms with Crippen molar-refractivity contribution in [2.75, 3.05) is 0 Å². The molecule has 2 bridgehead atoms. The molecule has 0 aromatic heterocycles. The van der Waals surface area contributed by atoms with Crippen LogP contribution in [0.5, 0.6) is 0 Å². The number of rotatable bonds is 0. The molecule has 0 unspecified atom stereocenters. The van der Waals surface area contributed by atoms with E-state index in [2.05, 4.69) is 0 Å². The molecular weight excluding hydrogens is 384 g/mol. The van der Waals surface area contributed by atoms with Gasteiger partial charge in [0.05, 0.1) is 21.5 Å². The molecule has 0 N–H and O–H groups in total. The highest BCUT2D eigenvalue weighted by atomic mass is 35.5. The molecule has 1 saturated heterocycles. The van der Waals surface area contributed by atoms with Gasteiger partial charge in [-0.2, -0.15) is 0 Å². The molecule has 7 atom stereocenters. The van der Waals surface area contributed by atoms with Crippen molar-refractivity contribution in [3.63, 3.8) is 0 Å². The smallest absolute Gasteiger partial charge is 0.166 e. The molecule has 4 rings (SSSR count). The summed E-state index contributed by atoms with van der Waals surface area (Å²) in [6, 6.07) is 0. The molecule has 3 aliphatic carbocycles. The van der Waals surface area contributed by atoms with Crippen molar-refractivity contribution in [2.24, 2.45) is 11.8 Å². The first-order valence-corrected chi connectivity index (χ1v) is 8.02. The predicted molar refractivity (Wildman–Crippen MR) is 75.6 cm³/mol. The van der Waals surface area contributed by atoms with Gasteiger partial charge in [-0.3, -0.25) is 0 Å². The first kappa shape index (κ1) is 13.4. The fourth-order valence-corrected chi connectivity index (χ4v) is 7.49. The first-order chi connectivity index (χ1) is 8.20. The van der Waals surface area contributed by atoms with Crippen LogP contribution >= 0.6 is 81.2 Å². The maximum absolute atomic E-state index is 6.65. The maximum atomic E-state index is 6.65. The van der Waals surface area contributed by atoms with Crippen LogP contribution in [-0.2, 0) is 4.74 Å². The van der Waals surface area contributed by atoms with Crippen LogP contribution < -0.4 is 0 Å². The molecule has 0 aromatic rings. The Kier molecular flexibility index (Phi) is 2.52. The topological polar surface area (TPSA) is 12.5 Å². The van der Waals surface area contributed by atoms with Crippen LogP contribution in [-0.4, -0.2) is 31.7 Å². The number of alkyl halides is 5. The van der Waals surface area contributed by atoms with Gasteiger partial charge in [-0.1, -0.05) is 46.4 Å². The third-order valence-corrected chi connectivity index (χ3v) is 9.44. The molecule has 3 fully saturated rings. The zero-order valence-electron chi connectivity index (χ0n) is 8.44. The monoisotopic (exact) mass is 386 g/mol. The first-order valence-electron chi connectivity index (χ1n) is 5.32. The van der Waals surface area contributed by atoms with Crippen molar-refractivity contribution in [1.29, 1.82) is 0 Å². The van der Waals surface area contributed by atoms with Crippen LogP contribution in [0.4, 0.5) is 0 Å². The highest BCUT2D eigenvalue weighted by molar-refractivity contribution is 6.66. The van der Waals surface area contributed by atoms with Crippen molar-refractivity contribution < 1.29 is 4.74 Å². The van der Waals surface area contributed by atoms with Gasteiger partial charge in [0.1, 0.15) is 15.9 Å². The molecule has 0 amide bonds. The molecule has 2 saturated carbocycles. The van der Waals surface area contributed by atoms with Crippen molar-refractivity contribution in [3.8, 4) is 0 Å².